The quantitative estimate of drug-likeness (QED) is 0.189. The molecular formula is C43H26ClN3O. The Morgan fingerprint density at radius 3 is 1.73 bits per heavy atom. The lowest BCUT2D eigenvalue weighted by molar-refractivity contribution is 0.669. The van der Waals surface area contributed by atoms with Crippen LogP contribution in [0.25, 0.3) is 89.1 Å². The summed E-state index contributed by atoms with van der Waals surface area (Å²) in [5.74, 6) is 1.84. The largest absolute Gasteiger partial charge is 0.454 e. The second-order valence-corrected chi connectivity index (χ2v) is 12.2. The molecule has 0 unspecified atom stereocenters. The van der Waals surface area contributed by atoms with Gasteiger partial charge in [0.05, 0.1) is 5.02 Å². The van der Waals surface area contributed by atoms with Crippen molar-refractivity contribution in [3.8, 4) is 56.4 Å². The number of hydrogen-bond acceptors (Lipinski definition) is 4. The molecule has 0 saturated heterocycles. The summed E-state index contributed by atoms with van der Waals surface area (Å²) in [5.41, 5.74) is 8.64. The van der Waals surface area contributed by atoms with Gasteiger partial charge in [-0.3, -0.25) is 0 Å². The third-order valence-corrected chi connectivity index (χ3v) is 9.10. The first kappa shape index (κ1) is 28.1. The van der Waals surface area contributed by atoms with Gasteiger partial charge in [0, 0.05) is 27.5 Å². The Morgan fingerprint density at radius 1 is 0.417 bits per heavy atom. The molecule has 0 atom stereocenters. The summed E-state index contributed by atoms with van der Waals surface area (Å²) in [6.07, 6.45) is 0. The number of rotatable bonds is 5. The van der Waals surface area contributed by atoms with Crippen LogP contribution in [0.5, 0.6) is 0 Å². The SMILES string of the molecule is Clc1cccc2c1oc1cccc(-c3cc(-c4nc(-c5ccccc5)nc(-c5ccc(-c6ccccc6)cc5)n4)cc4ccccc34)c12. The second-order valence-electron chi connectivity index (χ2n) is 11.8. The van der Waals surface area contributed by atoms with Gasteiger partial charge >= 0.3 is 0 Å². The number of halogens is 1. The smallest absolute Gasteiger partial charge is 0.164 e. The molecule has 48 heavy (non-hydrogen) atoms. The number of aromatic nitrogens is 3. The van der Waals surface area contributed by atoms with Gasteiger partial charge in [-0.25, -0.2) is 15.0 Å². The Labute approximate surface area is 282 Å². The van der Waals surface area contributed by atoms with Crippen molar-refractivity contribution in [2.45, 2.75) is 0 Å². The molecule has 0 radical (unpaired) electrons. The number of nitrogens with zero attached hydrogens (tertiary/aromatic N) is 3. The summed E-state index contributed by atoms with van der Waals surface area (Å²) < 4.78 is 6.27. The van der Waals surface area contributed by atoms with Crippen molar-refractivity contribution in [2.24, 2.45) is 0 Å². The van der Waals surface area contributed by atoms with E-state index in [0.717, 1.165) is 66.1 Å². The molecular weight excluding hydrogens is 610 g/mol. The molecule has 2 aromatic heterocycles. The van der Waals surface area contributed by atoms with Crippen LogP contribution < -0.4 is 0 Å². The molecule has 0 saturated carbocycles. The number of furan rings is 1. The van der Waals surface area contributed by atoms with Crippen LogP contribution in [0.15, 0.2) is 162 Å². The third-order valence-electron chi connectivity index (χ3n) is 8.80. The van der Waals surface area contributed by atoms with Gasteiger partial charge in [0.25, 0.3) is 0 Å². The minimum Gasteiger partial charge on any atom is -0.454 e. The molecule has 5 heteroatoms. The highest BCUT2D eigenvalue weighted by atomic mass is 35.5. The van der Waals surface area contributed by atoms with Crippen LogP contribution in [0.4, 0.5) is 0 Å². The van der Waals surface area contributed by atoms with Crippen molar-refractivity contribution in [3.63, 3.8) is 0 Å². The van der Waals surface area contributed by atoms with Gasteiger partial charge in [0.1, 0.15) is 5.58 Å². The maximum absolute atomic E-state index is 6.58. The van der Waals surface area contributed by atoms with Crippen LogP contribution in [0.1, 0.15) is 0 Å². The fraction of sp³-hybridized carbons (Fsp3) is 0. The molecule has 0 amide bonds. The lowest BCUT2D eigenvalue weighted by Gasteiger charge is -2.13. The number of para-hydroxylation sites is 1. The molecule has 0 N–H and O–H groups in total. The van der Waals surface area contributed by atoms with Gasteiger partial charge in [0.2, 0.25) is 0 Å². The summed E-state index contributed by atoms with van der Waals surface area (Å²) >= 11 is 6.58. The average molecular weight is 636 g/mol. The molecule has 0 spiro atoms. The molecule has 4 nitrogen and oxygen atoms in total. The van der Waals surface area contributed by atoms with E-state index in [4.69, 9.17) is 31.0 Å². The predicted octanol–water partition coefficient (Wildman–Crippen LogP) is 11.9. The summed E-state index contributed by atoms with van der Waals surface area (Å²) in [4.78, 5) is 15.1. The van der Waals surface area contributed by atoms with E-state index in [1.165, 1.54) is 0 Å². The van der Waals surface area contributed by atoms with Crippen molar-refractivity contribution < 1.29 is 4.42 Å². The number of benzene rings is 7. The molecule has 9 aromatic rings. The molecule has 0 aliphatic rings. The normalized spacial score (nSPS) is 11.4. The Kier molecular flexibility index (Phi) is 6.81. The van der Waals surface area contributed by atoms with Crippen molar-refractivity contribution in [1.29, 1.82) is 0 Å². The summed E-state index contributed by atoms with van der Waals surface area (Å²) in [6, 6.07) is 53.7. The summed E-state index contributed by atoms with van der Waals surface area (Å²) in [7, 11) is 0. The van der Waals surface area contributed by atoms with Crippen molar-refractivity contribution in [1.82, 2.24) is 15.0 Å². The zero-order valence-electron chi connectivity index (χ0n) is 25.6. The minimum atomic E-state index is 0.594. The fourth-order valence-electron chi connectivity index (χ4n) is 6.49. The van der Waals surface area contributed by atoms with Gasteiger partial charge < -0.3 is 4.42 Å². The summed E-state index contributed by atoms with van der Waals surface area (Å²) in [6.45, 7) is 0. The molecule has 226 valence electrons. The maximum atomic E-state index is 6.58. The molecule has 7 aromatic carbocycles. The zero-order chi connectivity index (χ0) is 32.0. The second kappa shape index (κ2) is 11.6. The van der Waals surface area contributed by atoms with Crippen molar-refractivity contribution in [2.75, 3.05) is 0 Å². The topological polar surface area (TPSA) is 51.8 Å². The Bertz CT molecular complexity index is 2610. The number of hydrogen-bond donors (Lipinski definition) is 0. The van der Waals surface area contributed by atoms with E-state index < -0.39 is 0 Å². The van der Waals surface area contributed by atoms with E-state index in [1.54, 1.807) is 0 Å². The van der Waals surface area contributed by atoms with Crippen LogP contribution in [0.3, 0.4) is 0 Å². The average Bonchev–Trinajstić information content (AvgIpc) is 3.55. The standard InChI is InChI=1S/C43H26ClN3O/c44-37-19-9-18-35-39-34(17-10-20-38(39)48-40(35)37)36-26-32(25-31-15-7-8-16-33(31)36)43-46-41(29-13-5-2-6-14-29)45-42(47-43)30-23-21-28(22-24-30)27-11-3-1-4-12-27/h1-26H. The van der Waals surface area contributed by atoms with E-state index in [2.05, 4.69) is 97.1 Å². The van der Waals surface area contributed by atoms with Gasteiger partial charge in [-0.15, -0.1) is 0 Å². The van der Waals surface area contributed by atoms with Gasteiger partial charge in [0.15, 0.2) is 23.1 Å². The van der Waals surface area contributed by atoms with Crippen LogP contribution in [0.2, 0.25) is 5.02 Å². The molecule has 0 aliphatic carbocycles. The highest BCUT2D eigenvalue weighted by molar-refractivity contribution is 6.36. The van der Waals surface area contributed by atoms with E-state index in [-0.39, 0.29) is 0 Å². The lowest BCUT2D eigenvalue weighted by atomic mass is 9.92. The zero-order valence-corrected chi connectivity index (χ0v) is 26.4. The number of fused-ring (bicyclic) bond motifs is 4. The maximum Gasteiger partial charge on any atom is 0.164 e. The highest BCUT2D eigenvalue weighted by Gasteiger charge is 2.19. The Hall–Kier alpha value is -6.10. The summed E-state index contributed by atoms with van der Waals surface area (Å²) in [5, 5.41) is 4.81. The van der Waals surface area contributed by atoms with Crippen molar-refractivity contribution >= 4 is 44.3 Å². The lowest BCUT2D eigenvalue weighted by Crippen LogP contribution is -2.00. The van der Waals surface area contributed by atoms with Crippen LogP contribution in [-0.2, 0) is 0 Å². The minimum absolute atomic E-state index is 0.594. The van der Waals surface area contributed by atoms with E-state index in [0.29, 0.717) is 28.1 Å². The first-order valence-electron chi connectivity index (χ1n) is 15.8. The Morgan fingerprint density at radius 2 is 0.979 bits per heavy atom. The monoisotopic (exact) mass is 635 g/mol. The fourth-order valence-corrected chi connectivity index (χ4v) is 6.71. The predicted molar refractivity (Wildman–Crippen MR) is 197 cm³/mol. The van der Waals surface area contributed by atoms with Gasteiger partial charge in [-0.05, 0) is 57.3 Å². The first-order valence-corrected chi connectivity index (χ1v) is 16.2. The van der Waals surface area contributed by atoms with Gasteiger partial charge in [-0.1, -0.05) is 145 Å². The Balaban J connectivity index is 1.26. The van der Waals surface area contributed by atoms with E-state index in [1.807, 2.05) is 60.7 Å². The van der Waals surface area contributed by atoms with Crippen LogP contribution in [0, 0.1) is 0 Å². The molecule has 9 rings (SSSR count). The van der Waals surface area contributed by atoms with Crippen molar-refractivity contribution in [3.05, 3.63) is 163 Å². The third kappa shape index (κ3) is 4.91. The van der Waals surface area contributed by atoms with Crippen LogP contribution in [-0.4, -0.2) is 15.0 Å². The first-order chi connectivity index (χ1) is 23.7. The highest BCUT2D eigenvalue weighted by Crippen LogP contribution is 2.42. The van der Waals surface area contributed by atoms with E-state index >= 15 is 0 Å². The van der Waals surface area contributed by atoms with Crippen LogP contribution >= 0.6 is 11.6 Å². The molecule has 0 bridgehead atoms. The molecule has 0 aliphatic heterocycles. The molecule has 2 heterocycles. The molecule has 0 fully saturated rings. The van der Waals surface area contributed by atoms with Gasteiger partial charge in [-0.2, -0.15) is 0 Å². The van der Waals surface area contributed by atoms with E-state index in [9.17, 15) is 0 Å².